The molecule has 0 heterocycles. The molecule has 1 N–H and O–H groups in total. The lowest BCUT2D eigenvalue weighted by molar-refractivity contribution is 0.273. The van der Waals surface area contributed by atoms with Crippen LogP contribution in [0.3, 0.4) is 0 Å². The molecule has 0 saturated heterocycles. The molecule has 2 rings (SSSR count). The van der Waals surface area contributed by atoms with Crippen LogP contribution in [0.5, 0.6) is 0 Å². The zero-order valence-electron chi connectivity index (χ0n) is 13.7. The second-order valence-electron chi connectivity index (χ2n) is 6.74. The smallest absolute Gasteiger partial charge is 0.0369 e. The van der Waals surface area contributed by atoms with Crippen LogP contribution in [0.4, 0.5) is 0 Å². The third-order valence-electron chi connectivity index (χ3n) is 3.82. The first-order chi connectivity index (χ1) is 10.0. The van der Waals surface area contributed by atoms with E-state index in [1.54, 1.807) is 0 Å². The van der Waals surface area contributed by atoms with Gasteiger partial charge in [-0.1, -0.05) is 82.3 Å². The molecule has 0 aliphatic carbocycles. The highest BCUT2D eigenvalue weighted by Gasteiger charge is 2.25. The van der Waals surface area contributed by atoms with Crippen LogP contribution in [-0.2, 0) is 0 Å². The van der Waals surface area contributed by atoms with Crippen molar-refractivity contribution in [2.45, 2.75) is 40.2 Å². The van der Waals surface area contributed by atoms with Crippen molar-refractivity contribution in [1.82, 2.24) is 5.32 Å². The average molecular weight is 281 g/mol. The first kappa shape index (κ1) is 15.8. The van der Waals surface area contributed by atoms with Crippen molar-refractivity contribution in [3.8, 4) is 11.1 Å². The van der Waals surface area contributed by atoms with E-state index in [1.807, 2.05) is 0 Å². The number of nitrogens with one attached hydrogen (secondary N) is 1. The Bertz CT molecular complexity index is 534. The molecule has 0 aromatic heterocycles. The molecule has 112 valence electrons. The van der Waals surface area contributed by atoms with E-state index in [0.29, 0.717) is 6.04 Å². The fraction of sp³-hybridized carbons (Fsp3) is 0.400. The Morgan fingerprint density at radius 2 is 1.43 bits per heavy atom. The minimum absolute atomic E-state index is 0.212. The Labute approximate surface area is 129 Å². The minimum Gasteiger partial charge on any atom is -0.309 e. The zero-order valence-corrected chi connectivity index (χ0v) is 13.7. The Morgan fingerprint density at radius 1 is 0.857 bits per heavy atom. The van der Waals surface area contributed by atoms with Crippen molar-refractivity contribution in [2.75, 3.05) is 6.54 Å². The topological polar surface area (TPSA) is 12.0 Å². The molecule has 2 aromatic rings. The molecule has 1 atom stereocenters. The summed E-state index contributed by atoms with van der Waals surface area (Å²) in [7, 11) is 0. The normalized spacial score (nSPS) is 13.1. The summed E-state index contributed by atoms with van der Waals surface area (Å²) in [5.74, 6) is 0. The summed E-state index contributed by atoms with van der Waals surface area (Å²) in [5, 5.41) is 3.68. The van der Waals surface area contributed by atoms with Gasteiger partial charge in [0.2, 0.25) is 0 Å². The van der Waals surface area contributed by atoms with Crippen LogP contribution >= 0.6 is 0 Å². The fourth-order valence-electron chi connectivity index (χ4n) is 2.71. The lowest BCUT2D eigenvalue weighted by Crippen LogP contribution is -2.32. The monoisotopic (exact) mass is 281 g/mol. The molecular weight excluding hydrogens is 254 g/mol. The first-order valence-corrected chi connectivity index (χ1v) is 7.91. The maximum Gasteiger partial charge on any atom is 0.0369 e. The summed E-state index contributed by atoms with van der Waals surface area (Å²) in [5.41, 5.74) is 4.14. The van der Waals surface area contributed by atoms with Crippen molar-refractivity contribution in [1.29, 1.82) is 0 Å². The van der Waals surface area contributed by atoms with Crippen molar-refractivity contribution in [2.24, 2.45) is 5.41 Å². The van der Waals surface area contributed by atoms with Gasteiger partial charge in [0.05, 0.1) is 0 Å². The Balaban J connectivity index is 2.23. The van der Waals surface area contributed by atoms with Crippen LogP contribution in [0.2, 0.25) is 0 Å². The van der Waals surface area contributed by atoms with E-state index in [0.717, 1.165) is 13.0 Å². The van der Waals surface area contributed by atoms with Gasteiger partial charge >= 0.3 is 0 Å². The fourth-order valence-corrected chi connectivity index (χ4v) is 2.71. The van der Waals surface area contributed by atoms with Crippen molar-refractivity contribution >= 4 is 0 Å². The van der Waals surface area contributed by atoms with Crippen LogP contribution in [-0.4, -0.2) is 6.54 Å². The molecule has 0 aliphatic rings. The first-order valence-electron chi connectivity index (χ1n) is 7.91. The average Bonchev–Trinajstić information content (AvgIpc) is 2.48. The van der Waals surface area contributed by atoms with E-state index in [4.69, 9.17) is 0 Å². The van der Waals surface area contributed by atoms with Crippen molar-refractivity contribution in [3.63, 3.8) is 0 Å². The quantitative estimate of drug-likeness (QED) is 0.769. The van der Waals surface area contributed by atoms with Gasteiger partial charge in [0, 0.05) is 6.04 Å². The second-order valence-corrected chi connectivity index (χ2v) is 6.74. The highest BCUT2D eigenvalue weighted by molar-refractivity contribution is 5.63. The third-order valence-corrected chi connectivity index (χ3v) is 3.82. The van der Waals surface area contributed by atoms with E-state index in [9.17, 15) is 0 Å². The largest absolute Gasteiger partial charge is 0.309 e. The molecule has 0 saturated carbocycles. The van der Waals surface area contributed by atoms with Gasteiger partial charge in [0.25, 0.3) is 0 Å². The molecule has 0 radical (unpaired) electrons. The van der Waals surface area contributed by atoms with E-state index in [1.165, 1.54) is 16.7 Å². The lowest BCUT2D eigenvalue weighted by atomic mass is 9.82. The van der Waals surface area contributed by atoms with Crippen LogP contribution in [0, 0.1) is 5.41 Å². The number of rotatable bonds is 5. The molecule has 0 fully saturated rings. The third kappa shape index (κ3) is 4.18. The zero-order chi connectivity index (χ0) is 15.3. The highest BCUT2D eigenvalue weighted by Crippen LogP contribution is 2.33. The van der Waals surface area contributed by atoms with E-state index in [-0.39, 0.29) is 5.41 Å². The van der Waals surface area contributed by atoms with Gasteiger partial charge in [0.1, 0.15) is 0 Å². The second kappa shape index (κ2) is 6.91. The SMILES string of the molecule is CCCNC(c1ccc(-c2ccccc2)cc1)C(C)(C)C. The molecule has 0 bridgehead atoms. The maximum atomic E-state index is 3.68. The summed E-state index contributed by atoms with van der Waals surface area (Å²) < 4.78 is 0. The molecule has 21 heavy (non-hydrogen) atoms. The molecule has 1 unspecified atom stereocenters. The molecule has 2 aromatic carbocycles. The van der Waals surface area contributed by atoms with Gasteiger partial charge in [-0.25, -0.2) is 0 Å². The molecular formula is C20H27N. The van der Waals surface area contributed by atoms with Gasteiger partial charge in [-0.15, -0.1) is 0 Å². The molecule has 1 nitrogen and oxygen atoms in total. The standard InChI is InChI=1S/C20H27N/c1-5-15-21-19(20(2,3)4)18-13-11-17(12-14-18)16-9-7-6-8-10-16/h6-14,19,21H,5,15H2,1-4H3. The predicted molar refractivity (Wildman–Crippen MR) is 92.4 cm³/mol. The molecule has 0 spiro atoms. The highest BCUT2D eigenvalue weighted by atomic mass is 14.9. The molecule has 0 aliphatic heterocycles. The van der Waals surface area contributed by atoms with Gasteiger partial charge in [0.15, 0.2) is 0 Å². The van der Waals surface area contributed by atoms with Crippen molar-refractivity contribution < 1.29 is 0 Å². The number of hydrogen-bond donors (Lipinski definition) is 1. The Kier molecular flexibility index (Phi) is 5.19. The van der Waals surface area contributed by atoms with Crippen molar-refractivity contribution in [3.05, 3.63) is 60.2 Å². The van der Waals surface area contributed by atoms with Crippen LogP contribution in [0.25, 0.3) is 11.1 Å². The summed E-state index contributed by atoms with van der Waals surface area (Å²) in [4.78, 5) is 0. The summed E-state index contributed by atoms with van der Waals surface area (Å²) >= 11 is 0. The van der Waals surface area contributed by atoms with Crippen LogP contribution < -0.4 is 5.32 Å². The predicted octanol–water partition coefficient (Wildman–Crippen LogP) is 5.44. The van der Waals surface area contributed by atoms with Gasteiger partial charge in [-0.3, -0.25) is 0 Å². The summed E-state index contributed by atoms with van der Waals surface area (Å²) in [6.45, 7) is 10.2. The summed E-state index contributed by atoms with van der Waals surface area (Å²) in [6, 6.07) is 19.9. The minimum atomic E-state index is 0.212. The van der Waals surface area contributed by atoms with E-state index < -0.39 is 0 Å². The summed E-state index contributed by atoms with van der Waals surface area (Å²) in [6.07, 6.45) is 1.16. The molecule has 0 amide bonds. The van der Waals surface area contributed by atoms with Crippen LogP contribution in [0.1, 0.15) is 45.7 Å². The van der Waals surface area contributed by atoms with E-state index >= 15 is 0 Å². The number of hydrogen-bond acceptors (Lipinski definition) is 1. The van der Waals surface area contributed by atoms with Crippen LogP contribution in [0.15, 0.2) is 54.6 Å². The maximum absolute atomic E-state index is 3.68. The molecule has 1 heteroatoms. The van der Waals surface area contributed by atoms with Gasteiger partial charge in [-0.05, 0) is 35.1 Å². The Morgan fingerprint density at radius 3 is 1.95 bits per heavy atom. The van der Waals surface area contributed by atoms with Gasteiger partial charge in [-0.2, -0.15) is 0 Å². The number of benzene rings is 2. The van der Waals surface area contributed by atoms with Gasteiger partial charge < -0.3 is 5.32 Å². The lowest BCUT2D eigenvalue weighted by Gasteiger charge is -2.32. The van der Waals surface area contributed by atoms with E-state index in [2.05, 4.69) is 87.6 Å². The Hall–Kier alpha value is -1.60.